The van der Waals surface area contributed by atoms with Gasteiger partial charge < -0.3 is 5.32 Å². The Morgan fingerprint density at radius 2 is 1.64 bits per heavy atom. The molecule has 1 aliphatic heterocycles. The lowest BCUT2D eigenvalue weighted by Gasteiger charge is -2.38. The molecule has 3 heterocycles. The second-order valence-electron chi connectivity index (χ2n) is 7.24. The van der Waals surface area contributed by atoms with Crippen molar-refractivity contribution in [3.63, 3.8) is 0 Å². The number of pyridine rings is 1. The van der Waals surface area contributed by atoms with E-state index in [0.717, 1.165) is 11.8 Å². The van der Waals surface area contributed by atoms with Crippen molar-refractivity contribution in [3.8, 4) is 5.69 Å². The molecule has 4 rings (SSSR count). The molecular weight excluding hydrogens is 456 g/mol. The Bertz CT molecular complexity index is 1340. The van der Waals surface area contributed by atoms with Crippen LogP contribution in [0.2, 0.25) is 0 Å². The first-order chi connectivity index (χ1) is 15.4. The van der Waals surface area contributed by atoms with Gasteiger partial charge in [0.05, 0.1) is 11.3 Å². The van der Waals surface area contributed by atoms with Crippen LogP contribution in [0.25, 0.3) is 5.69 Å². The predicted octanol–water partition coefficient (Wildman–Crippen LogP) is 2.84. The van der Waals surface area contributed by atoms with Crippen LogP contribution in [0.15, 0.2) is 63.4 Å². The third-order valence-corrected chi connectivity index (χ3v) is 5.08. The number of anilines is 1. The number of amidine groups is 1. The average Bonchev–Trinajstić information content (AvgIpc) is 2.73. The molecule has 1 aromatic carbocycles. The highest BCUT2D eigenvalue weighted by atomic mass is 19.4. The van der Waals surface area contributed by atoms with Crippen LogP contribution in [0.5, 0.6) is 0 Å². The third-order valence-electron chi connectivity index (χ3n) is 5.08. The molecule has 0 saturated carbocycles. The van der Waals surface area contributed by atoms with Gasteiger partial charge in [-0.25, -0.2) is 19.3 Å². The molecule has 0 atom stereocenters. The van der Waals surface area contributed by atoms with Crippen molar-refractivity contribution in [3.05, 3.63) is 86.3 Å². The summed E-state index contributed by atoms with van der Waals surface area (Å²) in [5.41, 5.74) is -9.31. The van der Waals surface area contributed by atoms with E-state index in [1.54, 1.807) is 11.9 Å². The topological polar surface area (TPSA) is 93.4 Å². The fourth-order valence-electron chi connectivity index (χ4n) is 3.54. The fraction of sp³-hybridized carbons (Fsp3) is 0.200. The van der Waals surface area contributed by atoms with E-state index in [2.05, 4.69) is 15.3 Å². The number of hydrogen-bond donors (Lipinski definition) is 2. The third kappa shape index (κ3) is 3.39. The first kappa shape index (κ1) is 22.3. The number of fused-ring (bicyclic) bond motifs is 1. The van der Waals surface area contributed by atoms with Crippen LogP contribution in [0, 0.1) is 6.92 Å². The van der Waals surface area contributed by atoms with E-state index in [9.17, 15) is 35.9 Å². The number of H-pyrrole nitrogens is 2. The number of aromatic nitrogens is 3. The number of hydrogen-bond acceptors (Lipinski definition) is 4. The number of halogens is 6. The van der Waals surface area contributed by atoms with E-state index >= 15 is 0 Å². The highest BCUT2D eigenvalue weighted by Gasteiger charge is 2.75. The smallest absolute Gasteiger partial charge is 0.325 e. The van der Waals surface area contributed by atoms with Gasteiger partial charge in [-0.15, -0.1) is 0 Å². The fourth-order valence-corrected chi connectivity index (χ4v) is 3.54. The number of aryl methyl sites for hydroxylation is 1. The summed E-state index contributed by atoms with van der Waals surface area (Å²) in [5.74, 6) is -1.82. The van der Waals surface area contributed by atoms with Gasteiger partial charge >= 0.3 is 18.0 Å². The van der Waals surface area contributed by atoms with Gasteiger partial charge in [0.15, 0.2) is 12.4 Å². The molecule has 0 bridgehead atoms. The molecule has 13 heteroatoms. The minimum absolute atomic E-state index is 0.0651. The average molecular weight is 470 g/mol. The highest BCUT2D eigenvalue weighted by Crippen LogP contribution is 2.55. The quantitative estimate of drug-likeness (QED) is 0.565. The van der Waals surface area contributed by atoms with E-state index in [-0.39, 0.29) is 11.3 Å². The summed E-state index contributed by atoms with van der Waals surface area (Å²) in [4.78, 5) is 32.2. The van der Waals surface area contributed by atoms with Gasteiger partial charge in [-0.3, -0.25) is 9.78 Å². The molecule has 0 fully saturated rings. The molecule has 172 valence electrons. The number of alkyl halides is 6. The summed E-state index contributed by atoms with van der Waals surface area (Å²) in [6.07, 6.45) is -9.65. The van der Waals surface area contributed by atoms with E-state index in [1.165, 1.54) is 42.6 Å². The minimum Gasteiger partial charge on any atom is -0.325 e. The molecule has 0 aliphatic carbocycles. The zero-order valence-electron chi connectivity index (χ0n) is 16.6. The van der Waals surface area contributed by atoms with Crippen LogP contribution >= 0.6 is 0 Å². The molecule has 7 nitrogen and oxygen atoms in total. The number of nitrogens with one attached hydrogen (secondary N) is 3. The maximum atomic E-state index is 14.2. The molecule has 1 aliphatic rings. The van der Waals surface area contributed by atoms with Crippen LogP contribution < -0.4 is 21.5 Å². The Morgan fingerprint density at radius 3 is 2.18 bits per heavy atom. The van der Waals surface area contributed by atoms with Gasteiger partial charge in [0, 0.05) is 6.07 Å². The number of nitrogens with zero attached hydrogens (tertiary/aromatic N) is 2. The molecule has 33 heavy (non-hydrogen) atoms. The number of aliphatic imine (C=N–C) groups is 1. The molecule has 0 radical (unpaired) electrons. The summed E-state index contributed by atoms with van der Waals surface area (Å²) in [7, 11) is 0. The Kier molecular flexibility index (Phi) is 4.95. The summed E-state index contributed by atoms with van der Waals surface area (Å²) < 4.78 is 85.9. The van der Waals surface area contributed by atoms with Crippen molar-refractivity contribution in [2.24, 2.45) is 4.99 Å². The van der Waals surface area contributed by atoms with E-state index in [4.69, 9.17) is 0 Å². The van der Waals surface area contributed by atoms with Gasteiger partial charge in [0.1, 0.15) is 17.2 Å². The van der Waals surface area contributed by atoms with Crippen molar-refractivity contribution in [1.29, 1.82) is 0 Å². The molecule has 0 spiro atoms. The van der Waals surface area contributed by atoms with Gasteiger partial charge in [0.25, 0.3) is 11.1 Å². The number of aromatic amines is 2. The van der Waals surface area contributed by atoms with Crippen LogP contribution in [-0.2, 0) is 5.54 Å². The monoisotopic (exact) mass is 470 g/mol. The summed E-state index contributed by atoms with van der Waals surface area (Å²) in [6, 6.07) is 8.20. The lowest BCUT2D eigenvalue weighted by Crippen LogP contribution is -2.59. The number of rotatable bonds is 2. The van der Waals surface area contributed by atoms with Crippen molar-refractivity contribution in [1.82, 2.24) is 9.55 Å². The van der Waals surface area contributed by atoms with E-state index < -0.39 is 46.4 Å². The first-order valence-corrected chi connectivity index (χ1v) is 9.30. The van der Waals surface area contributed by atoms with Crippen LogP contribution in [0.3, 0.4) is 0 Å². The maximum Gasteiger partial charge on any atom is 0.427 e. The van der Waals surface area contributed by atoms with Gasteiger partial charge in [-0.05, 0) is 25.1 Å². The lowest BCUT2D eigenvalue weighted by atomic mass is 9.87. The van der Waals surface area contributed by atoms with Gasteiger partial charge in [0.2, 0.25) is 0 Å². The first-order valence-electron chi connectivity index (χ1n) is 9.30. The Morgan fingerprint density at radius 1 is 1.00 bits per heavy atom. The van der Waals surface area contributed by atoms with Crippen molar-refractivity contribution in [2.75, 3.05) is 5.32 Å². The van der Waals surface area contributed by atoms with Gasteiger partial charge in [-0.2, -0.15) is 26.3 Å². The normalized spacial score (nSPS) is 15.4. The van der Waals surface area contributed by atoms with Gasteiger partial charge in [-0.1, -0.05) is 17.7 Å². The zero-order chi connectivity index (χ0) is 24.2. The molecular formula is C20H14F6N5O2+. The van der Waals surface area contributed by atoms with Crippen molar-refractivity contribution >= 4 is 11.7 Å². The molecule has 0 amide bonds. The van der Waals surface area contributed by atoms with E-state index in [0.29, 0.717) is 4.57 Å². The van der Waals surface area contributed by atoms with Crippen molar-refractivity contribution in [2.45, 2.75) is 24.8 Å². The summed E-state index contributed by atoms with van der Waals surface area (Å²) >= 11 is 0. The Hall–Kier alpha value is -3.90. The maximum absolute atomic E-state index is 14.2. The number of benzene rings is 1. The highest BCUT2D eigenvalue weighted by molar-refractivity contribution is 6.09. The second-order valence-corrected chi connectivity index (χ2v) is 7.24. The Balaban J connectivity index is 2.18. The lowest BCUT2D eigenvalue weighted by molar-refractivity contribution is -0.378. The SMILES string of the molecule is Cc1ccc(-n2c3c(c(=O)[nH]c2=O)C(C(F)(F)F)(C(F)(F)F)N=C(c2ccc[nH+]c2)N3)cc1. The van der Waals surface area contributed by atoms with Crippen LogP contribution in [0.1, 0.15) is 16.7 Å². The van der Waals surface area contributed by atoms with Crippen LogP contribution in [-0.4, -0.2) is 27.7 Å². The molecule has 3 N–H and O–H groups in total. The second kappa shape index (κ2) is 7.32. The summed E-state index contributed by atoms with van der Waals surface area (Å²) in [5, 5.41) is 2.35. The largest absolute Gasteiger partial charge is 0.427 e. The van der Waals surface area contributed by atoms with Crippen LogP contribution in [0.4, 0.5) is 32.2 Å². The van der Waals surface area contributed by atoms with Crippen molar-refractivity contribution < 1.29 is 31.3 Å². The molecule has 2 aromatic heterocycles. The molecule has 3 aromatic rings. The zero-order valence-corrected chi connectivity index (χ0v) is 16.6. The Labute approximate surface area is 180 Å². The molecule has 0 saturated heterocycles. The predicted molar refractivity (Wildman–Crippen MR) is 104 cm³/mol. The standard InChI is InChI=1S/C20H13F6N5O2/c1-10-4-6-12(7-5-10)31-15-13(16(32)29-17(31)33)18(19(21,22)23,20(24,25)26)30-14(28-15)11-3-2-8-27-9-11/h2-9H,1H3,(H,28,30)(H,29,32,33)/p+1. The summed E-state index contributed by atoms with van der Waals surface area (Å²) in [6.45, 7) is 1.70. The molecule has 0 unspecified atom stereocenters. The minimum atomic E-state index is -6.08. The van der Waals surface area contributed by atoms with E-state index in [1.807, 2.05) is 0 Å².